The first kappa shape index (κ1) is 17.8. The van der Waals surface area contributed by atoms with E-state index < -0.39 is 36.8 Å². The quantitative estimate of drug-likeness (QED) is 0.488. The topological polar surface area (TPSA) is 129 Å². The van der Waals surface area contributed by atoms with Crippen LogP contribution in [0, 0.1) is 0 Å². The number of carbonyl (C=O) groups is 2. The van der Waals surface area contributed by atoms with Crippen molar-refractivity contribution in [3.05, 3.63) is 23.8 Å². The van der Waals surface area contributed by atoms with Gasteiger partial charge in [-0.25, -0.2) is 4.79 Å². The average molecular weight is 340 g/mol. The number of aliphatic hydroxyl groups is 2. The number of β-lactam (4-membered cyclic amide) rings is 1. The Bertz CT molecular complexity index is 622. The molecule has 0 aromatic heterocycles. The summed E-state index contributed by atoms with van der Waals surface area (Å²) in [6.07, 6.45) is -2.63. The zero-order chi connectivity index (χ0) is 17.9. The number of nitrogens with one attached hydrogen (secondary N) is 1. The second kappa shape index (κ2) is 7.37. The van der Waals surface area contributed by atoms with Gasteiger partial charge in [0.2, 0.25) is 5.91 Å². The predicted octanol–water partition coefficient (Wildman–Crippen LogP) is -0.596. The molecule has 0 bridgehead atoms. The number of methoxy groups -OCH3 is 2. The Morgan fingerprint density at radius 2 is 2.08 bits per heavy atom. The summed E-state index contributed by atoms with van der Waals surface area (Å²) in [4.78, 5) is 24.3. The minimum absolute atomic E-state index is 0.103. The summed E-state index contributed by atoms with van der Waals surface area (Å²) in [5, 5.41) is 29.9. The molecule has 1 unspecified atom stereocenters. The Balaban J connectivity index is 2.21. The van der Waals surface area contributed by atoms with Crippen molar-refractivity contribution in [3.8, 4) is 11.5 Å². The maximum Gasteiger partial charge on any atom is 0.405 e. The molecule has 2 amide bonds. The molecule has 24 heavy (non-hydrogen) atoms. The number of hydrogen-bond donors (Lipinski definition) is 4. The molecule has 1 saturated heterocycles. The Labute approximate surface area is 138 Å². The summed E-state index contributed by atoms with van der Waals surface area (Å²) in [7, 11) is 2.99. The second-order valence-corrected chi connectivity index (χ2v) is 5.31. The lowest BCUT2D eigenvalue weighted by molar-refractivity contribution is -0.161. The molecule has 1 heterocycles. The normalized spacial score (nSPS) is 21.0. The first-order valence-corrected chi connectivity index (χ1v) is 7.22. The fourth-order valence-corrected chi connectivity index (χ4v) is 2.74. The van der Waals surface area contributed by atoms with Crippen LogP contribution in [0.5, 0.6) is 11.5 Å². The van der Waals surface area contributed by atoms with Crippen molar-refractivity contribution < 1.29 is 34.4 Å². The van der Waals surface area contributed by atoms with Gasteiger partial charge in [-0.3, -0.25) is 4.79 Å². The molecule has 3 atom stereocenters. The van der Waals surface area contributed by atoms with Crippen LogP contribution in [0.4, 0.5) is 4.79 Å². The molecule has 2 rings (SSSR count). The van der Waals surface area contributed by atoms with Crippen LogP contribution in [0.1, 0.15) is 5.56 Å². The number of nitrogens with zero attached hydrogens (tertiary/aromatic N) is 1. The third kappa shape index (κ3) is 3.36. The third-order valence-corrected chi connectivity index (χ3v) is 3.95. The maximum absolute atomic E-state index is 12.2. The number of aliphatic hydroxyl groups excluding tert-OH is 2. The highest BCUT2D eigenvalue weighted by atomic mass is 16.5. The third-order valence-electron chi connectivity index (χ3n) is 3.95. The summed E-state index contributed by atoms with van der Waals surface area (Å²) >= 11 is 0. The van der Waals surface area contributed by atoms with Crippen LogP contribution in [0.3, 0.4) is 0 Å². The molecule has 0 aliphatic carbocycles. The minimum Gasteiger partial charge on any atom is -0.497 e. The van der Waals surface area contributed by atoms with Crippen molar-refractivity contribution in [2.45, 2.75) is 24.7 Å². The average Bonchev–Trinajstić information content (AvgIpc) is 2.59. The van der Waals surface area contributed by atoms with E-state index in [-0.39, 0.29) is 6.54 Å². The van der Waals surface area contributed by atoms with Gasteiger partial charge < -0.3 is 35.0 Å². The van der Waals surface area contributed by atoms with E-state index in [1.54, 1.807) is 18.2 Å². The summed E-state index contributed by atoms with van der Waals surface area (Å²) in [6, 6.07) is 3.13. The van der Waals surface area contributed by atoms with Crippen LogP contribution in [0.15, 0.2) is 18.2 Å². The standard InChI is InChI=1S/C15H20N2O7/c1-23-9-4-3-8(11(5-9)24-2)6-17-13(10(19)7-18)12(14(17)20)16-15(21)22/h3-5,10,12-13,16,18-19H,6-7H2,1-2H3,(H,21,22)/t10?,12-,13+/m0/s1. The summed E-state index contributed by atoms with van der Waals surface area (Å²) in [5.41, 5.74) is 0.663. The van der Waals surface area contributed by atoms with E-state index >= 15 is 0 Å². The van der Waals surface area contributed by atoms with E-state index in [0.29, 0.717) is 17.1 Å². The van der Waals surface area contributed by atoms with Crippen LogP contribution < -0.4 is 14.8 Å². The highest BCUT2D eigenvalue weighted by molar-refractivity contribution is 5.92. The first-order valence-electron chi connectivity index (χ1n) is 7.22. The van der Waals surface area contributed by atoms with Gasteiger partial charge in [0.25, 0.3) is 0 Å². The molecular formula is C15H20N2O7. The maximum atomic E-state index is 12.2. The number of benzene rings is 1. The number of amides is 2. The molecule has 9 heteroatoms. The predicted molar refractivity (Wildman–Crippen MR) is 81.9 cm³/mol. The molecule has 1 aromatic carbocycles. The number of ether oxygens (including phenoxy) is 2. The van der Waals surface area contributed by atoms with Gasteiger partial charge >= 0.3 is 6.09 Å². The van der Waals surface area contributed by atoms with E-state index in [2.05, 4.69) is 5.32 Å². The van der Waals surface area contributed by atoms with Crippen molar-refractivity contribution in [1.29, 1.82) is 0 Å². The summed E-state index contributed by atoms with van der Waals surface area (Å²) in [6.45, 7) is -0.489. The summed E-state index contributed by atoms with van der Waals surface area (Å²) < 4.78 is 10.4. The van der Waals surface area contributed by atoms with Gasteiger partial charge in [-0.1, -0.05) is 0 Å². The fourth-order valence-electron chi connectivity index (χ4n) is 2.74. The van der Waals surface area contributed by atoms with Gasteiger partial charge in [0.1, 0.15) is 17.5 Å². The molecule has 1 fully saturated rings. The zero-order valence-electron chi connectivity index (χ0n) is 13.3. The number of hydrogen-bond acceptors (Lipinski definition) is 6. The molecule has 1 aromatic rings. The first-order chi connectivity index (χ1) is 11.4. The van der Waals surface area contributed by atoms with Crippen LogP contribution in [0.25, 0.3) is 0 Å². The lowest BCUT2D eigenvalue weighted by Gasteiger charge is -2.48. The smallest absolute Gasteiger partial charge is 0.405 e. The van der Waals surface area contributed by atoms with Crippen molar-refractivity contribution in [2.75, 3.05) is 20.8 Å². The molecule has 132 valence electrons. The van der Waals surface area contributed by atoms with Crippen molar-refractivity contribution in [3.63, 3.8) is 0 Å². The number of carbonyl (C=O) groups excluding carboxylic acids is 1. The van der Waals surface area contributed by atoms with Crippen molar-refractivity contribution in [2.24, 2.45) is 0 Å². The highest BCUT2D eigenvalue weighted by Crippen LogP contribution is 2.31. The van der Waals surface area contributed by atoms with E-state index in [4.69, 9.17) is 19.7 Å². The zero-order valence-corrected chi connectivity index (χ0v) is 13.3. The molecular weight excluding hydrogens is 320 g/mol. The number of carboxylic acid groups (broad SMARTS) is 1. The molecule has 9 nitrogen and oxygen atoms in total. The van der Waals surface area contributed by atoms with Crippen LogP contribution >= 0.6 is 0 Å². The van der Waals surface area contributed by atoms with Gasteiger partial charge in [0.15, 0.2) is 0 Å². The largest absolute Gasteiger partial charge is 0.497 e. The van der Waals surface area contributed by atoms with Crippen LogP contribution in [-0.4, -0.2) is 71.2 Å². The van der Waals surface area contributed by atoms with Gasteiger partial charge in [0, 0.05) is 18.2 Å². The van der Waals surface area contributed by atoms with Gasteiger partial charge in [0.05, 0.1) is 33.0 Å². The Kier molecular flexibility index (Phi) is 5.47. The van der Waals surface area contributed by atoms with Crippen LogP contribution in [0.2, 0.25) is 0 Å². The minimum atomic E-state index is -1.37. The van der Waals surface area contributed by atoms with Crippen molar-refractivity contribution in [1.82, 2.24) is 10.2 Å². The van der Waals surface area contributed by atoms with Gasteiger partial charge in [-0.05, 0) is 12.1 Å². The van der Waals surface area contributed by atoms with Gasteiger partial charge in [-0.2, -0.15) is 0 Å². The number of likely N-dealkylation sites (tertiary alicyclic amines) is 1. The van der Waals surface area contributed by atoms with E-state index in [1.165, 1.54) is 19.1 Å². The fraction of sp³-hybridized carbons (Fsp3) is 0.467. The Morgan fingerprint density at radius 3 is 2.62 bits per heavy atom. The number of rotatable bonds is 7. The Morgan fingerprint density at radius 1 is 1.38 bits per heavy atom. The van der Waals surface area contributed by atoms with E-state index in [0.717, 1.165) is 0 Å². The lowest BCUT2D eigenvalue weighted by atomic mass is 9.89. The molecule has 4 N–H and O–H groups in total. The molecule has 0 saturated carbocycles. The molecule has 1 aliphatic rings. The molecule has 0 radical (unpaired) electrons. The Hall–Kier alpha value is -2.52. The van der Waals surface area contributed by atoms with Crippen molar-refractivity contribution >= 4 is 12.0 Å². The molecule has 0 spiro atoms. The summed E-state index contributed by atoms with van der Waals surface area (Å²) in [5.74, 6) is 0.602. The monoisotopic (exact) mass is 340 g/mol. The highest BCUT2D eigenvalue weighted by Gasteiger charge is 2.51. The SMILES string of the molecule is COc1ccc(CN2C(=O)[C@@H](NC(=O)O)[C@H]2C(O)CO)c(OC)c1. The lowest BCUT2D eigenvalue weighted by Crippen LogP contribution is -2.74. The van der Waals surface area contributed by atoms with E-state index in [1.807, 2.05) is 0 Å². The molecule has 1 aliphatic heterocycles. The second-order valence-electron chi connectivity index (χ2n) is 5.31. The van der Waals surface area contributed by atoms with Gasteiger partial charge in [-0.15, -0.1) is 0 Å². The van der Waals surface area contributed by atoms with E-state index in [9.17, 15) is 14.7 Å². The van der Waals surface area contributed by atoms with Crippen LogP contribution in [-0.2, 0) is 11.3 Å².